The number of hydrogen-bond acceptors (Lipinski definition) is 2. The molecule has 0 amide bonds. The third-order valence-electron chi connectivity index (χ3n) is 3.96. The van der Waals surface area contributed by atoms with Crippen LogP contribution in [0.25, 0.3) is 5.57 Å². The zero-order chi connectivity index (χ0) is 12.0. The Morgan fingerprint density at radius 3 is 3.00 bits per heavy atom. The molecule has 17 heavy (non-hydrogen) atoms. The van der Waals surface area contributed by atoms with Crippen LogP contribution in [0.15, 0.2) is 24.8 Å². The van der Waals surface area contributed by atoms with Crippen molar-refractivity contribution in [3.63, 3.8) is 0 Å². The first-order valence-electron chi connectivity index (χ1n) is 6.24. The summed E-state index contributed by atoms with van der Waals surface area (Å²) in [6.07, 6.45) is 0.382. The molecular formula is C15H19NO. The number of likely N-dealkylation sites (tertiary alicyclic amines) is 1. The molecule has 2 heterocycles. The minimum absolute atomic E-state index is 0.382. The first-order valence-corrected chi connectivity index (χ1v) is 6.24. The Balaban J connectivity index is 2.07. The Bertz CT molecular complexity index is 466. The van der Waals surface area contributed by atoms with Crippen LogP contribution in [0.1, 0.15) is 29.5 Å². The van der Waals surface area contributed by atoms with Crippen molar-refractivity contribution in [2.75, 3.05) is 20.1 Å². The minimum Gasteiger partial charge on any atom is -0.371 e. The Morgan fingerprint density at radius 2 is 2.24 bits per heavy atom. The summed E-state index contributed by atoms with van der Waals surface area (Å²) in [6.45, 7) is 9.05. The highest BCUT2D eigenvalue weighted by molar-refractivity contribution is 5.66. The van der Waals surface area contributed by atoms with E-state index in [-0.39, 0.29) is 0 Å². The van der Waals surface area contributed by atoms with E-state index >= 15 is 0 Å². The minimum atomic E-state index is 0.382. The zero-order valence-electron chi connectivity index (χ0n) is 10.6. The SMILES string of the molecule is C=C(C)c1cccc2c1COC1CN(C)CC21. The van der Waals surface area contributed by atoms with E-state index in [9.17, 15) is 0 Å². The van der Waals surface area contributed by atoms with Crippen molar-refractivity contribution in [1.29, 1.82) is 0 Å². The van der Waals surface area contributed by atoms with Crippen molar-refractivity contribution in [3.8, 4) is 0 Å². The molecule has 3 rings (SSSR count). The van der Waals surface area contributed by atoms with E-state index in [0.717, 1.165) is 25.3 Å². The molecule has 0 spiro atoms. The first kappa shape index (κ1) is 11.0. The van der Waals surface area contributed by atoms with E-state index in [4.69, 9.17) is 4.74 Å². The van der Waals surface area contributed by atoms with E-state index in [1.807, 2.05) is 0 Å². The average Bonchev–Trinajstić information content (AvgIpc) is 2.68. The van der Waals surface area contributed by atoms with E-state index in [0.29, 0.717) is 12.0 Å². The van der Waals surface area contributed by atoms with Gasteiger partial charge in [-0.2, -0.15) is 0 Å². The highest BCUT2D eigenvalue weighted by atomic mass is 16.5. The number of nitrogens with zero attached hydrogens (tertiary/aromatic N) is 1. The van der Waals surface area contributed by atoms with Gasteiger partial charge in [0.2, 0.25) is 0 Å². The van der Waals surface area contributed by atoms with Crippen LogP contribution in [-0.4, -0.2) is 31.1 Å². The maximum atomic E-state index is 6.01. The van der Waals surface area contributed by atoms with E-state index < -0.39 is 0 Å². The van der Waals surface area contributed by atoms with Crippen LogP contribution in [0.2, 0.25) is 0 Å². The van der Waals surface area contributed by atoms with Gasteiger partial charge in [-0.1, -0.05) is 30.4 Å². The number of fused-ring (bicyclic) bond motifs is 3. The number of rotatable bonds is 1. The van der Waals surface area contributed by atoms with Crippen molar-refractivity contribution in [3.05, 3.63) is 41.5 Å². The lowest BCUT2D eigenvalue weighted by Gasteiger charge is -2.29. The molecule has 0 aliphatic carbocycles. The molecular weight excluding hydrogens is 210 g/mol. The van der Waals surface area contributed by atoms with Crippen molar-refractivity contribution in [1.82, 2.24) is 4.90 Å². The fourth-order valence-electron chi connectivity index (χ4n) is 3.13. The van der Waals surface area contributed by atoms with Gasteiger partial charge in [0.25, 0.3) is 0 Å². The van der Waals surface area contributed by atoms with Gasteiger partial charge < -0.3 is 9.64 Å². The summed E-state index contributed by atoms with van der Waals surface area (Å²) in [5.74, 6) is 0.544. The third kappa shape index (κ3) is 1.72. The fraction of sp³-hybridized carbons (Fsp3) is 0.467. The number of hydrogen-bond donors (Lipinski definition) is 0. The molecule has 2 aliphatic heterocycles. The zero-order valence-corrected chi connectivity index (χ0v) is 10.6. The summed E-state index contributed by atoms with van der Waals surface area (Å²) in [7, 11) is 2.17. The van der Waals surface area contributed by atoms with Gasteiger partial charge in [0.05, 0.1) is 12.7 Å². The molecule has 2 atom stereocenters. The Morgan fingerprint density at radius 1 is 1.41 bits per heavy atom. The molecule has 2 unspecified atom stereocenters. The molecule has 1 saturated heterocycles. The quantitative estimate of drug-likeness (QED) is 0.734. The maximum Gasteiger partial charge on any atom is 0.0787 e. The lowest BCUT2D eigenvalue weighted by atomic mass is 9.86. The van der Waals surface area contributed by atoms with E-state index in [2.05, 4.69) is 43.6 Å². The van der Waals surface area contributed by atoms with Gasteiger partial charge in [-0.3, -0.25) is 0 Å². The smallest absolute Gasteiger partial charge is 0.0787 e. The van der Waals surface area contributed by atoms with Gasteiger partial charge in [-0.15, -0.1) is 0 Å². The van der Waals surface area contributed by atoms with Crippen LogP contribution in [0.5, 0.6) is 0 Å². The van der Waals surface area contributed by atoms with E-state index in [1.165, 1.54) is 16.7 Å². The molecule has 1 aromatic carbocycles. The van der Waals surface area contributed by atoms with Crippen molar-refractivity contribution >= 4 is 5.57 Å². The number of allylic oxidation sites excluding steroid dienone is 1. The Hall–Kier alpha value is -1.12. The Labute approximate surface area is 103 Å². The first-order chi connectivity index (χ1) is 8.16. The predicted molar refractivity (Wildman–Crippen MR) is 70.0 cm³/mol. The van der Waals surface area contributed by atoms with Gasteiger partial charge in [-0.05, 0) is 30.7 Å². The van der Waals surface area contributed by atoms with Gasteiger partial charge in [0, 0.05) is 19.0 Å². The number of benzene rings is 1. The van der Waals surface area contributed by atoms with Crippen molar-refractivity contribution in [2.24, 2.45) is 0 Å². The van der Waals surface area contributed by atoms with Crippen LogP contribution in [0.4, 0.5) is 0 Å². The van der Waals surface area contributed by atoms with Gasteiger partial charge in [0.15, 0.2) is 0 Å². The van der Waals surface area contributed by atoms with Crippen LogP contribution in [0.3, 0.4) is 0 Å². The predicted octanol–water partition coefficient (Wildman–Crippen LogP) is 2.65. The lowest BCUT2D eigenvalue weighted by Crippen LogP contribution is -2.27. The molecule has 0 bridgehead atoms. The standard InChI is InChI=1S/C15H19NO/c1-10(2)11-5-4-6-12-13-7-16(3)8-15(13)17-9-14(11)12/h4-6,13,15H,1,7-9H2,2-3H3. The summed E-state index contributed by atoms with van der Waals surface area (Å²) >= 11 is 0. The molecule has 2 nitrogen and oxygen atoms in total. The highest BCUT2D eigenvalue weighted by Crippen LogP contribution is 2.38. The van der Waals surface area contributed by atoms with Crippen molar-refractivity contribution in [2.45, 2.75) is 25.6 Å². The Kier molecular flexibility index (Phi) is 2.57. The number of likely N-dealkylation sites (N-methyl/N-ethyl adjacent to an activating group) is 1. The molecule has 2 heteroatoms. The third-order valence-corrected chi connectivity index (χ3v) is 3.96. The summed E-state index contributed by atoms with van der Waals surface area (Å²) < 4.78 is 6.01. The summed E-state index contributed by atoms with van der Waals surface area (Å²) in [4.78, 5) is 2.36. The van der Waals surface area contributed by atoms with Crippen LogP contribution >= 0.6 is 0 Å². The molecule has 1 fully saturated rings. The molecule has 0 radical (unpaired) electrons. The number of ether oxygens (including phenoxy) is 1. The second kappa shape index (κ2) is 3.97. The molecule has 0 aromatic heterocycles. The largest absolute Gasteiger partial charge is 0.371 e. The van der Waals surface area contributed by atoms with Crippen LogP contribution < -0.4 is 0 Å². The lowest BCUT2D eigenvalue weighted by molar-refractivity contribution is 0.0261. The van der Waals surface area contributed by atoms with Crippen LogP contribution in [0, 0.1) is 0 Å². The second-order valence-corrected chi connectivity index (χ2v) is 5.33. The topological polar surface area (TPSA) is 12.5 Å². The summed E-state index contributed by atoms with van der Waals surface area (Å²) in [6, 6.07) is 6.58. The second-order valence-electron chi connectivity index (χ2n) is 5.33. The summed E-state index contributed by atoms with van der Waals surface area (Å²) in [5, 5.41) is 0. The molecule has 90 valence electrons. The average molecular weight is 229 g/mol. The van der Waals surface area contributed by atoms with Crippen molar-refractivity contribution < 1.29 is 4.74 Å². The van der Waals surface area contributed by atoms with Crippen LogP contribution in [-0.2, 0) is 11.3 Å². The maximum absolute atomic E-state index is 6.01. The molecule has 2 aliphatic rings. The molecule has 0 saturated carbocycles. The fourth-order valence-corrected chi connectivity index (χ4v) is 3.13. The summed E-state index contributed by atoms with van der Waals surface area (Å²) in [5.41, 5.74) is 5.24. The van der Waals surface area contributed by atoms with E-state index in [1.54, 1.807) is 0 Å². The monoisotopic (exact) mass is 229 g/mol. The highest BCUT2D eigenvalue weighted by Gasteiger charge is 2.37. The molecule has 0 N–H and O–H groups in total. The van der Waals surface area contributed by atoms with Gasteiger partial charge in [0.1, 0.15) is 0 Å². The normalized spacial score (nSPS) is 27.6. The van der Waals surface area contributed by atoms with Gasteiger partial charge in [-0.25, -0.2) is 0 Å². The molecule has 1 aromatic rings. The van der Waals surface area contributed by atoms with Gasteiger partial charge >= 0.3 is 0 Å².